The minimum absolute atomic E-state index is 0.744. The summed E-state index contributed by atoms with van der Waals surface area (Å²) in [5.74, 6) is 1.75. The molecule has 0 bridgehead atoms. The molecule has 0 spiro atoms. The Bertz CT molecular complexity index is 514. The van der Waals surface area contributed by atoms with Gasteiger partial charge in [0, 0.05) is 5.69 Å². The Kier molecular flexibility index (Phi) is 2.64. The molecular formula is C12H16N4. The van der Waals surface area contributed by atoms with Crippen LogP contribution in [-0.2, 0) is 6.54 Å². The van der Waals surface area contributed by atoms with Gasteiger partial charge in [-0.2, -0.15) is 5.10 Å². The van der Waals surface area contributed by atoms with Crippen LogP contribution in [0.4, 0.5) is 5.69 Å². The van der Waals surface area contributed by atoms with Gasteiger partial charge >= 0.3 is 0 Å². The highest BCUT2D eigenvalue weighted by atomic mass is 15.3. The van der Waals surface area contributed by atoms with E-state index in [9.17, 15) is 0 Å². The van der Waals surface area contributed by atoms with Crippen molar-refractivity contribution in [3.8, 4) is 0 Å². The predicted octanol–water partition coefficient (Wildman–Crippen LogP) is 1.83. The molecule has 0 saturated carbocycles. The van der Waals surface area contributed by atoms with Gasteiger partial charge in [-0.3, -0.25) is 0 Å². The summed E-state index contributed by atoms with van der Waals surface area (Å²) >= 11 is 0. The molecule has 0 atom stereocenters. The summed E-state index contributed by atoms with van der Waals surface area (Å²) in [6.45, 7) is 6.62. The second kappa shape index (κ2) is 3.96. The lowest BCUT2D eigenvalue weighted by Crippen LogP contribution is -2.04. The SMILES string of the molecule is Cc1nc(C)n(Cc2ccc(N)c(C)c2)n1. The summed E-state index contributed by atoms with van der Waals surface area (Å²) in [6, 6.07) is 6.05. The second-order valence-corrected chi connectivity index (χ2v) is 4.05. The van der Waals surface area contributed by atoms with Crippen LogP contribution in [0.15, 0.2) is 18.2 Å². The van der Waals surface area contributed by atoms with E-state index in [4.69, 9.17) is 5.73 Å². The molecule has 84 valence electrons. The monoisotopic (exact) mass is 216 g/mol. The Hall–Kier alpha value is -1.84. The maximum Gasteiger partial charge on any atom is 0.147 e. The van der Waals surface area contributed by atoms with Crippen LogP contribution in [0, 0.1) is 20.8 Å². The Morgan fingerprint density at radius 1 is 1.25 bits per heavy atom. The van der Waals surface area contributed by atoms with Crippen molar-refractivity contribution in [3.05, 3.63) is 41.0 Å². The fraction of sp³-hybridized carbons (Fsp3) is 0.333. The first-order valence-corrected chi connectivity index (χ1v) is 5.29. The first-order chi connectivity index (χ1) is 7.56. The van der Waals surface area contributed by atoms with E-state index in [0.29, 0.717) is 0 Å². The fourth-order valence-corrected chi connectivity index (χ4v) is 1.72. The van der Waals surface area contributed by atoms with Crippen molar-refractivity contribution in [3.63, 3.8) is 0 Å². The van der Waals surface area contributed by atoms with Crippen molar-refractivity contribution in [2.24, 2.45) is 0 Å². The predicted molar refractivity (Wildman–Crippen MR) is 64.2 cm³/mol. The average molecular weight is 216 g/mol. The van der Waals surface area contributed by atoms with Crippen LogP contribution in [0.25, 0.3) is 0 Å². The van der Waals surface area contributed by atoms with Gasteiger partial charge in [0.05, 0.1) is 6.54 Å². The number of nitrogens with zero attached hydrogens (tertiary/aromatic N) is 3. The molecule has 4 nitrogen and oxygen atoms in total. The lowest BCUT2D eigenvalue weighted by atomic mass is 10.1. The van der Waals surface area contributed by atoms with E-state index in [1.807, 2.05) is 37.6 Å². The van der Waals surface area contributed by atoms with E-state index < -0.39 is 0 Å². The summed E-state index contributed by atoms with van der Waals surface area (Å²) < 4.78 is 1.90. The summed E-state index contributed by atoms with van der Waals surface area (Å²) in [7, 11) is 0. The highest BCUT2D eigenvalue weighted by Gasteiger charge is 2.04. The van der Waals surface area contributed by atoms with Crippen LogP contribution in [0.1, 0.15) is 22.8 Å². The van der Waals surface area contributed by atoms with E-state index in [1.54, 1.807) is 0 Å². The van der Waals surface area contributed by atoms with Gasteiger partial charge in [0.25, 0.3) is 0 Å². The van der Waals surface area contributed by atoms with Crippen LogP contribution >= 0.6 is 0 Å². The molecule has 0 unspecified atom stereocenters. The number of hydrogen-bond donors (Lipinski definition) is 1. The number of nitrogen functional groups attached to an aromatic ring is 1. The van der Waals surface area contributed by atoms with Crippen LogP contribution in [-0.4, -0.2) is 14.8 Å². The van der Waals surface area contributed by atoms with Gasteiger partial charge in [0.15, 0.2) is 0 Å². The van der Waals surface area contributed by atoms with Crippen LogP contribution in [0.2, 0.25) is 0 Å². The van der Waals surface area contributed by atoms with E-state index >= 15 is 0 Å². The Morgan fingerprint density at radius 2 is 2.00 bits per heavy atom. The number of aromatic nitrogens is 3. The highest BCUT2D eigenvalue weighted by molar-refractivity contribution is 5.47. The largest absolute Gasteiger partial charge is 0.399 e. The van der Waals surface area contributed by atoms with Crippen molar-refractivity contribution in [2.45, 2.75) is 27.3 Å². The van der Waals surface area contributed by atoms with Crippen molar-refractivity contribution >= 4 is 5.69 Å². The average Bonchev–Trinajstić information content (AvgIpc) is 2.51. The van der Waals surface area contributed by atoms with Gasteiger partial charge in [-0.1, -0.05) is 12.1 Å². The Balaban J connectivity index is 2.27. The molecule has 0 amide bonds. The van der Waals surface area contributed by atoms with Crippen LogP contribution < -0.4 is 5.73 Å². The van der Waals surface area contributed by atoms with Crippen LogP contribution in [0.3, 0.4) is 0 Å². The molecule has 0 fully saturated rings. The molecule has 0 aliphatic rings. The normalized spacial score (nSPS) is 10.7. The lowest BCUT2D eigenvalue weighted by molar-refractivity contribution is 0.656. The second-order valence-electron chi connectivity index (χ2n) is 4.05. The molecule has 2 aromatic rings. The molecule has 4 heteroatoms. The Labute approximate surface area is 95.1 Å². The number of hydrogen-bond acceptors (Lipinski definition) is 3. The number of nitrogens with two attached hydrogens (primary N) is 1. The summed E-state index contributed by atoms with van der Waals surface area (Å²) in [5.41, 5.74) is 8.91. The van der Waals surface area contributed by atoms with Crippen molar-refractivity contribution in [2.75, 3.05) is 5.73 Å². The highest BCUT2D eigenvalue weighted by Crippen LogP contribution is 2.13. The molecule has 0 aliphatic heterocycles. The molecule has 1 aromatic heterocycles. The number of aryl methyl sites for hydroxylation is 3. The van der Waals surface area contributed by atoms with Crippen molar-refractivity contribution < 1.29 is 0 Å². The zero-order valence-corrected chi connectivity index (χ0v) is 9.86. The molecule has 1 aromatic carbocycles. The minimum atomic E-state index is 0.744. The van der Waals surface area contributed by atoms with Gasteiger partial charge in [-0.25, -0.2) is 9.67 Å². The minimum Gasteiger partial charge on any atom is -0.399 e. The molecule has 0 radical (unpaired) electrons. The first kappa shape index (κ1) is 10.7. The zero-order chi connectivity index (χ0) is 11.7. The fourth-order valence-electron chi connectivity index (χ4n) is 1.72. The number of benzene rings is 1. The van der Waals surface area contributed by atoms with Crippen molar-refractivity contribution in [1.29, 1.82) is 0 Å². The maximum absolute atomic E-state index is 5.78. The third kappa shape index (κ3) is 2.05. The van der Waals surface area contributed by atoms with Crippen molar-refractivity contribution in [1.82, 2.24) is 14.8 Å². The molecule has 0 aliphatic carbocycles. The molecule has 1 heterocycles. The number of anilines is 1. The lowest BCUT2D eigenvalue weighted by Gasteiger charge is -2.06. The van der Waals surface area contributed by atoms with E-state index in [1.165, 1.54) is 5.56 Å². The van der Waals surface area contributed by atoms with Gasteiger partial charge in [0.2, 0.25) is 0 Å². The van der Waals surface area contributed by atoms with Gasteiger partial charge in [-0.05, 0) is 38.0 Å². The molecule has 16 heavy (non-hydrogen) atoms. The van der Waals surface area contributed by atoms with E-state index in [0.717, 1.165) is 29.4 Å². The van der Waals surface area contributed by atoms with Gasteiger partial charge < -0.3 is 5.73 Å². The Morgan fingerprint density at radius 3 is 2.56 bits per heavy atom. The quantitative estimate of drug-likeness (QED) is 0.779. The standard InChI is InChI=1S/C12H16N4/c1-8-6-11(4-5-12(8)13)7-16-10(3)14-9(2)15-16/h4-6H,7,13H2,1-3H3. The number of rotatable bonds is 2. The molecular weight excluding hydrogens is 200 g/mol. The zero-order valence-electron chi connectivity index (χ0n) is 9.86. The molecule has 0 saturated heterocycles. The molecule has 2 rings (SSSR count). The summed E-state index contributed by atoms with van der Waals surface area (Å²) in [4.78, 5) is 4.27. The summed E-state index contributed by atoms with van der Waals surface area (Å²) in [5, 5.41) is 4.33. The van der Waals surface area contributed by atoms with E-state index in [2.05, 4.69) is 16.1 Å². The van der Waals surface area contributed by atoms with Gasteiger partial charge in [-0.15, -0.1) is 0 Å². The van der Waals surface area contributed by atoms with E-state index in [-0.39, 0.29) is 0 Å². The van der Waals surface area contributed by atoms with Gasteiger partial charge in [0.1, 0.15) is 11.6 Å². The third-order valence-electron chi connectivity index (χ3n) is 2.63. The van der Waals surface area contributed by atoms with Crippen LogP contribution in [0.5, 0.6) is 0 Å². The maximum atomic E-state index is 5.78. The first-order valence-electron chi connectivity index (χ1n) is 5.29. The third-order valence-corrected chi connectivity index (χ3v) is 2.63. The smallest absolute Gasteiger partial charge is 0.147 e. The topological polar surface area (TPSA) is 56.7 Å². The summed E-state index contributed by atoms with van der Waals surface area (Å²) in [6.07, 6.45) is 0. The molecule has 2 N–H and O–H groups in total.